The van der Waals surface area contributed by atoms with E-state index in [1.165, 1.54) is 0 Å². The molecule has 1 aromatic carbocycles. The van der Waals surface area contributed by atoms with Crippen molar-refractivity contribution in [2.45, 2.75) is 12.5 Å². The van der Waals surface area contributed by atoms with Crippen LogP contribution < -0.4 is 10.6 Å². The highest BCUT2D eigenvalue weighted by molar-refractivity contribution is 5.80. The van der Waals surface area contributed by atoms with Crippen molar-refractivity contribution in [3.8, 4) is 0 Å². The fourth-order valence-electron chi connectivity index (χ4n) is 2.59. The number of amides is 1. The predicted octanol–water partition coefficient (Wildman–Crippen LogP) is 2.29. The van der Waals surface area contributed by atoms with Gasteiger partial charge >= 0.3 is 0 Å². The van der Waals surface area contributed by atoms with Gasteiger partial charge in [-0.1, -0.05) is 30.3 Å². The van der Waals surface area contributed by atoms with Crippen molar-refractivity contribution in [1.82, 2.24) is 19.9 Å². The SMILES string of the molecule is O=C(NCCNc1ncccn1)[C@@H](Cc1ccccc1)n1cccc1. The van der Waals surface area contributed by atoms with Crippen molar-refractivity contribution in [3.63, 3.8) is 0 Å². The highest BCUT2D eigenvalue weighted by Crippen LogP contribution is 2.15. The first-order valence-electron chi connectivity index (χ1n) is 8.28. The molecule has 2 aromatic heterocycles. The number of carbonyl (C=O) groups is 1. The number of aromatic nitrogens is 3. The van der Waals surface area contributed by atoms with Crippen molar-refractivity contribution < 1.29 is 4.79 Å². The van der Waals surface area contributed by atoms with Crippen LogP contribution in [0, 0.1) is 0 Å². The first kappa shape index (κ1) is 16.7. The van der Waals surface area contributed by atoms with Gasteiger partial charge in [0.1, 0.15) is 6.04 Å². The number of rotatable bonds is 8. The third-order valence-electron chi connectivity index (χ3n) is 3.84. The molecule has 2 heterocycles. The molecule has 0 aliphatic carbocycles. The van der Waals surface area contributed by atoms with E-state index in [0.717, 1.165) is 5.56 Å². The van der Waals surface area contributed by atoms with Crippen LogP contribution in [0.3, 0.4) is 0 Å². The molecule has 0 fully saturated rings. The molecule has 25 heavy (non-hydrogen) atoms. The summed E-state index contributed by atoms with van der Waals surface area (Å²) in [4.78, 5) is 20.8. The summed E-state index contributed by atoms with van der Waals surface area (Å²) in [6.45, 7) is 1.07. The summed E-state index contributed by atoms with van der Waals surface area (Å²) >= 11 is 0. The smallest absolute Gasteiger partial charge is 0.243 e. The normalized spacial score (nSPS) is 11.7. The molecule has 0 saturated heterocycles. The van der Waals surface area contributed by atoms with E-state index in [0.29, 0.717) is 25.5 Å². The lowest BCUT2D eigenvalue weighted by Crippen LogP contribution is -2.36. The Morgan fingerprint density at radius 2 is 1.68 bits per heavy atom. The van der Waals surface area contributed by atoms with Crippen LogP contribution in [-0.4, -0.2) is 33.5 Å². The van der Waals surface area contributed by atoms with Crippen LogP contribution in [0.5, 0.6) is 0 Å². The molecule has 1 atom stereocenters. The minimum atomic E-state index is -0.273. The van der Waals surface area contributed by atoms with Crippen molar-refractivity contribution in [2.75, 3.05) is 18.4 Å². The van der Waals surface area contributed by atoms with E-state index in [4.69, 9.17) is 0 Å². The summed E-state index contributed by atoms with van der Waals surface area (Å²) in [5.41, 5.74) is 1.13. The molecule has 0 spiro atoms. The molecular weight excluding hydrogens is 314 g/mol. The Bertz CT molecular complexity index is 759. The van der Waals surface area contributed by atoms with Crippen molar-refractivity contribution in [3.05, 3.63) is 78.9 Å². The zero-order valence-corrected chi connectivity index (χ0v) is 13.9. The summed E-state index contributed by atoms with van der Waals surface area (Å²) in [5, 5.41) is 6.06. The largest absolute Gasteiger partial charge is 0.353 e. The highest BCUT2D eigenvalue weighted by Gasteiger charge is 2.19. The number of carbonyl (C=O) groups excluding carboxylic acids is 1. The minimum absolute atomic E-state index is 0.00386. The Kier molecular flexibility index (Phi) is 5.77. The van der Waals surface area contributed by atoms with Gasteiger partial charge in [-0.15, -0.1) is 0 Å². The van der Waals surface area contributed by atoms with Gasteiger partial charge in [0.2, 0.25) is 11.9 Å². The molecule has 0 saturated carbocycles. The lowest BCUT2D eigenvalue weighted by atomic mass is 10.1. The maximum Gasteiger partial charge on any atom is 0.243 e. The molecule has 0 unspecified atom stereocenters. The van der Waals surface area contributed by atoms with Crippen molar-refractivity contribution in [2.24, 2.45) is 0 Å². The first-order valence-corrected chi connectivity index (χ1v) is 8.28. The number of nitrogens with one attached hydrogen (secondary N) is 2. The summed E-state index contributed by atoms with van der Waals surface area (Å²) < 4.78 is 1.94. The first-order chi connectivity index (χ1) is 12.3. The van der Waals surface area contributed by atoms with Gasteiger partial charge in [-0.05, 0) is 23.8 Å². The van der Waals surface area contributed by atoms with E-state index >= 15 is 0 Å². The topological polar surface area (TPSA) is 71.8 Å². The molecule has 0 radical (unpaired) electrons. The molecule has 0 aliphatic rings. The molecule has 2 N–H and O–H groups in total. The Labute approximate surface area is 146 Å². The number of anilines is 1. The van der Waals surface area contributed by atoms with Gasteiger partial charge in [-0.3, -0.25) is 4.79 Å². The van der Waals surface area contributed by atoms with Crippen molar-refractivity contribution >= 4 is 11.9 Å². The van der Waals surface area contributed by atoms with Crippen LogP contribution in [0.1, 0.15) is 11.6 Å². The average molecular weight is 335 g/mol. The molecule has 3 aromatic rings. The second-order valence-corrected chi connectivity index (χ2v) is 5.63. The zero-order chi connectivity index (χ0) is 17.3. The fraction of sp³-hybridized carbons (Fsp3) is 0.211. The van der Waals surface area contributed by atoms with Gasteiger partial charge in [-0.25, -0.2) is 9.97 Å². The summed E-state index contributed by atoms with van der Waals surface area (Å²) in [7, 11) is 0. The maximum absolute atomic E-state index is 12.7. The van der Waals surface area contributed by atoms with Gasteiger partial charge in [0.15, 0.2) is 0 Å². The number of hydrogen-bond donors (Lipinski definition) is 2. The number of nitrogens with zero attached hydrogens (tertiary/aromatic N) is 3. The van der Waals surface area contributed by atoms with Gasteiger partial charge in [0.25, 0.3) is 0 Å². The Morgan fingerprint density at radius 1 is 0.960 bits per heavy atom. The van der Waals surface area contributed by atoms with E-state index < -0.39 is 0 Å². The van der Waals surface area contributed by atoms with E-state index in [-0.39, 0.29) is 11.9 Å². The monoisotopic (exact) mass is 335 g/mol. The van der Waals surface area contributed by atoms with Crippen LogP contribution in [0.2, 0.25) is 0 Å². The van der Waals surface area contributed by atoms with Crippen LogP contribution in [-0.2, 0) is 11.2 Å². The highest BCUT2D eigenvalue weighted by atomic mass is 16.2. The molecule has 6 nitrogen and oxygen atoms in total. The van der Waals surface area contributed by atoms with Crippen molar-refractivity contribution in [1.29, 1.82) is 0 Å². The van der Waals surface area contributed by atoms with E-state index in [1.807, 2.05) is 59.4 Å². The Balaban J connectivity index is 1.56. The molecular formula is C19H21N5O. The Morgan fingerprint density at radius 3 is 2.40 bits per heavy atom. The molecule has 128 valence electrons. The quantitative estimate of drug-likeness (QED) is 0.620. The fourth-order valence-corrected chi connectivity index (χ4v) is 2.59. The molecule has 6 heteroatoms. The third kappa shape index (κ3) is 4.91. The molecule has 3 rings (SSSR count). The third-order valence-corrected chi connectivity index (χ3v) is 3.84. The summed E-state index contributed by atoms with van der Waals surface area (Å²) in [6, 6.07) is 15.4. The van der Waals surface area contributed by atoms with E-state index in [9.17, 15) is 4.79 Å². The average Bonchev–Trinajstić information content (AvgIpc) is 3.19. The van der Waals surface area contributed by atoms with Gasteiger partial charge < -0.3 is 15.2 Å². The summed E-state index contributed by atoms with van der Waals surface area (Å²) in [6.07, 6.45) is 7.84. The summed E-state index contributed by atoms with van der Waals surface area (Å²) in [5.74, 6) is 0.554. The van der Waals surface area contributed by atoms with Crippen LogP contribution in [0.4, 0.5) is 5.95 Å². The lowest BCUT2D eigenvalue weighted by Gasteiger charge is -2.19. The zero-order valence-electron chi connectivity index (χ0n) is 13.9. The van der Waals surface area contributed by atoms with Gasteiger partial charge in [-0.2, -0.15) is 0 Å². The van der Waals surface area contributed by atoms with Crippen LogP contribution in [0.25, 0.3) is 0 Å². The second-order valence-electron chi connectivity index (χ2n) is 5.63. The number of hydrogen-bond acceptors (Lipinski definition) is 4. The van der Waals surface area contributed by atoms with Crippen LogP contribution in [0.15, 0.2) is 73.3 Å². The molecule has 0 aliphatic heterocycles. The second kappa shape index (κ2) is 8.63. The predicted molar refractivity (Wildman–Crippen MR) is 97.1 cm³/mol. The lowest BCUT2D eigenvalue weighted by molar-refractivity contribution is -0.124. The maximum atomic E-state index is 12.7. The number of benzene rings is 1. The van der Waals surface area contributed by atoms with E-state index in [2.05, 4.69) is 20.6 Å². The minimum Gasteiger partial charge on any atom is -0.353 e. The van der Waals surface area contributed by atoms with E-state index in [1.54, 1.807) is 18.5 Å². The van der Waals surface area contributed by atoms with Crippen LogP contribution >= 0.6 is 0 Å². The Hall–Kier alpha value is -3.15. The standard InChI is InChI=1S/C19H21N5O/c25-18(20-11-12-23-19-21-9-6-10-22-19)17(24-13-4-5-14-24)15-16-7-2-1-3-8-16/h1-10,13-14,17H,11-12,15H2,(H,20,25)(H,21,22,23)/t17-/m1/s1. The molecule has 0 bridgehead atoms. The molecule has 1 amide bonds. The van der Waals surface area contributed by atoms with Gasteiger partial charge in [0.05, 0.1) is 0 Å². The van der Waals surface area contributed by atoms with Gasteiger partial charge in [0, 0.05) is 44.3 Å².